The molecule has 20 heavy (non-hydrogen) atoms. The molecule has 1 aromatic heterocycles. The SMILES string of the molecule is Nc1nc(-c2ccccc2)cc(-c2ccccc2Cl)n1. The molecule has 0 aliphatic rings. The van der Waals surface area contributed by atoms with E-state index in [-0.39, 0.29) is 5.95 Å². The van der Waals surface area contributed by atoms with Crippen LogP contribution in [0.3, 0.4) is 0 Å². The molecule has 4 heteroatoms. The number of hydrogen-bond donors (Lipinski definition) is 1. The normalized spacial score (nSPS) is 10.4. The van der Waals surface area contributed by atoms with Crippen LogP contribution in [0, 0.1) is 0 Å². The molecule has 0 bridgehead atoms. The molecule has 0 spiro atoms. The second-order valence-electron chi connectivity index (χ2n) is 4.34. The standard InChI is InChI=1S/C16H12ClN3/c17-13-9-5-4-8-12(13)15-10-14(19-16(18)20-15)11-6-2-1-3-7-11/h1-10H,(H2,18,19,20). The van der Waals surface area contributed by atoms with E-state index < -0.39 is 0 Å². The molecule has 3 aromatic rings. The van der Waals surface area contributed by atoms with Gasteiger partial charge >= 0.3 is 0 Å². The van der Waals surface area contributed by atoms with Crippen LogP contribution in [0.2, 0.25) is 5.02 Å². The molecule has 0 fully saturated rings. The number of nitrogen functional groups attached to an aromatic ring is 1. The Morgan fingerprint density at radius 1 is 0.800 bits per heavy atom. The van der Waals surface area contributed by atoms with Gasteiger partial charge in [-0.3, -0.25) is 0 Å². The highest BCUT2D eigenvalue weighted by atomic mass is 35.5. The lowest BCUT2D eigenvalue weighted by Gasteiger charge is -2.07. The Kier molecular flexibility index (Phi) is 3.35. The number of nitrogens with zero attached hydrogens (tertiary/aromatic N) is 2. The third-order valence-electron chi connectivity index (χ3n) is 2.96. The zero-order chi connectivity index (χ0) is 13.9. The van der Waals surface area contributed by atoms with Gasteiger partial charge in [0.15, 0.2) is 0 Å². The van der Waals surface area contributed by atoms with E-state index >= 15 is 0 Å². The Balaban J connectivity index is 2.15. The summed E-state index contributed by atoms with van der Waals surface area (Å²) in [7, 11) is 0. The first kappa shape index (κ1) is 12.6. The molecule has 0 radical (unpaired) electrons. The van der Waals surface area contributed by atoms with E-state index in [2.05, 4.69) is 9.97 Å². The van der Waals surface area contributed by atoms with Gasteiger partial charge < -0.3 is 5.73 Å². The molecular weight excluding hydrogens is 270 g/mol. The molecule has 0 saturated carbocycles. The Morgan fingerprint density at radius 2 is 1.45 bits per heavy atom. The second kappa shape index (κ2) is 5.31. The predicted octanol–water partition coefficient (Wildman–Crippen LogP) is 4.05. The van der Waals surface area contributed by atoms with Crippen LogP contribution in [0.15, 0.2) is 60.7 Å². The maximum Gasteiger partial charge on any atom is 0.221 e. The summed E-state index contributed by atoms with van der Waals surface area (Å²) in [6.07, 6.45) is 0. The van der Waals surface area contributed by atoms with Crippen LogP contribution in [-0.2, 0) is 0 Å². The molecular formula is C16H12ClN3. The zero-order valence-electron chi connectivity index (χ0n) is 10.6. The van der Waals surface area contributed by atoms with Gasteiger partial charge in [0.1, 0.15) is 0 Å². The van der Waals surface area contributed by atoms with E-state index in [1.165, 1.54) is 0 Å². The minimum Gasteiger partial charge on any atom is -0.368 e. The van der Waals surface area contributed by atoms with Gasteiger partial charge in [-0.05, 0) is 12.1 Å². The van der Waals surface area contributed by atoms with Gasteiger partial charge in [0.05, 0.1) is 11.4 Å². The van der Waals surface area contributed by atoms with Crippen molar-refractivity contribution in [1.82, 2.24) is 9.97 Å². The second-order valence-corrected chi connectivity index (χ2v) is 4.75. The molecule has 0 aliphatic carbocycles. The monoisotopic (exact) mass is 281 g/mol. The van der Waals surface area contributed by atoms with Gasteiger partial charge in [-0.1, -0.05) is 60.1 Å². The minimum absolute atomic E-state index is 0.237. The van der Waals surface area contributed by atoms with Crippen molar-refractivity contribution in [2.45, 2.75) is 0 Å². The number of halogens is 1. The summed E-state index contributed by atoms with van der Waals surface area (Å²) in [5, 5.41) is 0.643. The lowest BCUT2D eigenvalue weighted by molar-refractivity contribution is 1.19. The molecule has 98 valence electrons. The van der Waals surface area contributed by atoms with E-state index in [0.717, 1.165) is 22.5 Å². The van der Waals surface area contributed by atoms with Gasteiger partial charge in [0, 0.05) is 16.1 Å². The van der Waals surface area contributed by atoms with Crippen LogP contribution in [0.4, 0.5) is 5.95 Å². The fourth-order valence-corrected chi connectivity index (χ4v) is 2.26. The molecule has 0 amide bonds. The van der Waals surface area contributed by atoms with Crippen molar-refractivity contribution >= 4 is 17.5 Å². The molecule has 1 heterocycles. The smallest absolute Gasteiger partial charge is 0.221 e. The van der Waals surface area contributed by atoms with E-state index in [9.17, 15) is 0 Å². The van der Waals surface area contributed by atoms with Crippen molar-refractivity contribution in [1.29, 1.82) is 0 Å². The number of nitrogens with two attached hydrogens (primary N) is 1. The third-order valence-corrected chi connectivity index (χ3v) is 3.29. The summed E-state index contributed by atoms with van der Waals surface area (Å²) in [4.78, 5) is 8.56. The molecule has 3 nitrogen and oxygen atoms in total. The Bertz CT molecular complexity index is 742. The first-order chi connectivity index (χ1) is 9.74. The maximum absolute atomic E-state index is 6.21. The van der Waals surface area contributed by atoms with E-state index in [0.29, 0.717) is 5.02 Å². The third kappa shape index (κ3) is 2.49. The molecule has 0 atom stereocenters. The highest BCUT2D eigenvalue weighted by molar-refractivity contribution is 6.33. The van der Waals surface area contributed by atoms with Crippen LogP contribution >= 0.6 is 11.6 Å². The summed E-state index contributed by atoms with van der Waals surface area (Å²) < 4.78 is 0. The fourth-order valence-electron chi connectivity index (χ4n) is 2.03. The quantitative estimate of drug-likeness (QED) is 0.771. The molecule has 2 N–H and O–H groups in total. The molecule has 0 saturated heterocycles. The summed E-state index contributed by atoms with van der Waals surface area (Å²) in [6.45, 7) is 0. The first-order valence-corrected chi connectivity index (χ1v) is 6.57. The number of hydrogen-bond acceptors (Lipinski definition) is 3. The predicted molar refractivity (Wildman–Crippen MR) is 82.3 cm³/mol. The largest absolute Gasteiger partial charge is 0.368 e. The topological polar surface area (TPSA) is 51.8 Å². The van der Waals surface area contributed by atoms with Crippen LogP contribution in [-0.4, -0.2) is 9.97 Å². The van der Waals surface area contributed by atoms with E-state index in [1.54, 1.807) is 0 Å². The van der Waals surface area contributed by atoms with E-state index in [1.807, 2.05) is 60.7 Å². The lowest BCUT2D eigenvalue weighted by atomic mass is 10.1. The van der Waals surface area contributed by atoms with Gasteiger partial charge in [-0.15, -0.1) is 0 Å². The van der Waals surface area contributed by atoms with Crippen molar-refractivity contribution in [3.8, 4) is 22.5 Å². The summed E-state index contributed by atoms with van der Waals surface area (Å²) in [5.74, 6) is 0.237. The first-order valence-electron chi connectivity index (χ1n) is 6.19. The number of aromatic nitrogens is 2. The average Bonchev–Trinajstić information content (AvgIpc) is 2.48. The van der Waals surface area contributed by atoms with Gasteiger partial charge in [-0.2, -0.15) is 0 Å². The van der Waals surface area contributed by atoms with Gasteiger partial charge in [-0.25, -0.2) is 9.97 Å². The number of rotatable bonds is 2. The van der Waals surface area contributed by atoms with Crippen molar-refractivity contribution in [2.24, 2.45) is 0 Å². The maximum atomic E-state index is 6.21. The van der Waals surface area contributed by atoms with Crippen molar-refractivity contribution in [2.75, 3.05) is 5.73 Å². The number of anilines is 1. The number of benzene rings is 2. The van der Waals surface area contributed by atoms with Crippen LogP contribution < -0.4 is 5.73 Å². The lowest BCUT2D eigenvalue weighted by Crippen LogP contribution is -1.98. The van der Waals surface area contributed by atoms with Crippen LogP contribution in [0.5, 0.6) is 0 Å². The van der Waals surface area contributed by atoms with Crippen molar-refractivity contribution in [3.05, 3.63) is 65.7 Å². The highest BCUT2D eigenvalue weighted by Crippen LogP contribution is 2.29. The summed E-state index contributed by atoms with van der Waals surface area (Å²) in [5.41, 5.74) is 9.17. The summed E-state index contributed by atoms with van der Waals surface area (Å²) >= 11 is 6.21. The van der Waals surface area contributed by atoms with Gasteiger partial charge in [0.2, 0.25) is 5.95 Å². The average molecular weight is 282 g/mol. The molecule has 0 unspecified atom stereocenters. The Morgan fingerprint density at radius 3 is 2.20 bits per heavy atom. The molecule has 0 aliphatic heterocycles. The highest BCUT2D eigenvalue weighted by Gasteiger charge is 2.09. The Labute approximate surface area is 122 Å². The Hall–Kier alpha value is -2.39. The van der Waals surface area contributed by atoms with Crippen molar-refractivity contribution in [3.63, 3.8) is 0 Å². The summed E-state index contributed by atoms with van der Waals surface area (Å²) in [6, 6.07) is 19.3. The van der Waals surface area contributed by atoms with Gasteiger partial charge in [0.25, 0.3) is 0 Å². The van der Waals surface area contributed by atoms with E-state index in [4.69, 9.17) is 17.3 Å². The van der Waals surface area contributed by atoms with Crippen LogP contribution in [0.1, 0.15) is 0 Å². The zero-order valence-corrected chi connectivity index (χ0v) is 11.4. The van der Waals surface area contributed by atoms with Crippen LogP contribution in [0.25, 0.3) is 22.5 Å². The molecule has 2 aromatic carbocycles. The molecule has 3 rings (SSSR count). The van der Waals surface area contributed by atoms with Crippen molar-refractivity contribution < 1.29 is 0 Å². The minimum atomic E-state index is 0.237. The fraction of sp³-hybridized carbons (Fsp3) is 0.